The van der Waals surface area contributed by atoms with Crippen molar-refractivity contribution in [2.45, 2.75) is 39.0 Å². The second-order valence-electron chi connectivity index (χ2n) is 3.94. The fourth-order valence-corrected chi connectivity index (χ4v) is 1.63. The lowest BCUT2D eigenvalue weighted by molar-refractivity contribution is -0.121. The Bertz CT molecular complexity index is 319. The molecule has 0 unspecified atom stereocenters. The number of nitrogens with one attached hydrogen (secondary N) is 1. The van der Waals surface area contributed by atoms with Crippen LogP contribution in [-0.2, 0) is 17.6 Å². The van der Waals surface area contributed by atoms with Gasteiger partial charge in [0.05, 0.1) is 0 Å². The summed E-state index contributed by atoms with van der Waals surface area (Å²) in [4.78, 5) is 10.9. The number of carbonyl (C=O) groups excluding carboxylic acids is 1. The number of aryl methyl sites for hydroxylation is 2. The Morgan fingerprint density at radius 1 is 1.19 bits per heavy atom. The molecule has 0 aliphatic rings. The number of hydrogen-bond acceptors (Lipinski definition) is 2. The van der Waals surface area contributed by atoms with Crippen LogP contribution >= 0.6 is 0 Å². The first-order chi connectivity index (χ1) is 7.76. The molecule has 1 aromatic carbocycles. The summed E-state index contributed by atoms with van der Waals surface area (Å²) in [7, 11) is 0. The summed E-state index contributed by atoms with van der Waals surface area (Å²) in [6, 6.07) is 8.67. The van der Waals surface area contributed by atoms with Gasteiger partial charge in [0.2, 0.25) is 5.91 Å². The van der Waals surface area contributed by atoms with Crippen molar-refractivity contribution in [2.24, 2.45) is 5.84 Å². The van der Waals surface area contributed by atoms with Crippen molar-refractivity contribution in [1.29, 1.82) is 0 Å². The van der Waals surface area contributed by atoms with E-state index in [2.05, 4.69) is 36.6 Å². The molecule has 1 rings (SSSR count). The van der Waals surface area contributed by atoms with Crippen LogP contribution in [0.1, 0.15) is 37.3 Å². The van der Waals surface area contributed by atoms with Crippen LogP contribution in [-0.4, -0.2) is 5.91 Å². The van der Waals surface area contributed by atoms with Crippen LogP contribution < -0.4 is 11.3 Å². The number of amides is 1. The summed E-state index contributed by atoms with van der Waals surface area (Å²) < 4.78 is 0. The summed E-state index contributed by atoms with van der Waals surface area (Å²) in [5, 5.41) is 0. The summed E-state index contributed by atoms with van der Waals surface area (Å²) in [5.41, 5.74) is 4.84. The minimum atomic E-state index is -0.0821. The Labute approximate surface area is 97.0 Å². The zero-order chi connectivity index (χ0) is 11.8. The summed E-state index contributed by atoms with van der Waals surface area (Å²) in [5.74, 6) is 4.92. The average Bonchev–Trinajstić information content (AvgIpc) is 2.35. The van der Waals surface area contributed by atoms with Crippen LogP contribution in [0.4, 0.5) is 0 Å². The van der Waals surface area contributed by atoms with Gasteiger partial charge in [-0.05, 0) is 36.8 Å². The molecular formula is C13H20N2O. The van der Waals surface area contributed by atoms with Crippen LogP contribution in [0.25, 0.3) is 0 Å². The molecule has 16 heavy (non-hydrogen) atoms. The Morgan fingerprint density at radius 2 is 1.81 bits per heavy atom. The van der Waals surface area contributed by atoms with E-state index in [9.17, 15) is 4.79 Å². The van der Waals surface area contributed by atoms with Gasteiger partial charge in [-0.25, -0.2) is 5.84 Å². The molecular weight excluding hydrogens is 200 g/mol. The Balaban J connectivity index is 2.24. The molecule has 0 bridgehead atoms. The van der Waals surface area contributed by atoms with Crippen molar-refractivity contribution in [3.8, 4) is 0 Å². The number of benzene rings is 1. The normalized spacial score (nSPS) is 10.1. The van der Waals surface area contributed by atoms with Crippen molar-refractivity contribution in [2.75, 3.05) is 0 Å². The molecule has 0 atom stereocenters. The Hall–Kier alpha value is -1.35. The summed E-state index contributed by atoms with van der Waals surface area (Å²) >= 11 is 0. The van der Waals surface area contributed by atoms with Crippen molar-refractivity contribution < 1.29 is 4.79 Å². The fraction of sp³-hybridized carbons (Fsp3) is 0.462. The number of unbranched alkanes of at least 4 members (excludes halogenated alkanes) is 1. The third-order valence-electron chi connectivity index (χ3n) is 2.71. The van der Waals surface area contributed by atoms with Crippen LogP contribution in [0.2, 0.25) is 0 Å². The number of carbonyl (C=O) groups is 1. The van der Waals surface area contributed by atoms with Gasteiger partial charge in [0.1, 0.15) is 0 Å². The highest BCUT2D eigenvalue weighted by Crippen LogP contribution is 2.09. The van der Waals surface area contributed by atoms with Gasteiger partial charge in [-0.1, -0.05) is 31.2 Å². The van der Waals surface area contributed by atoms with E-state index in [-0.39, 0.29) is 5.91 Å². The fourth-order valence-electron chi connectivity index (χ4n) is 1.63. The van der Waals surface area contributed by atoms with Crippen molar-refractivity contribution in [3.05, 3.63) is 35.4 Å². The van der Waals surface area contributed by atoms with Gasteiger partial charge in [-0.15, -0.1) is 0 Å². The molecule has 0 aliphatic heterocycles. The molecule has 0 aromatic heterocycles. The smallest absolute Gasteiger partial charge is 0.233 e. The number of hydrogen-bond donors (Lipinski definition) is 2. The molecule has 0 aliphatic carbocycles. The van der Waals surface area contributed by atoms with E-state index in [1.807, 2.05) is 0 Å². The lowest BCUT2D eigenvalue weighted by atomic mass is 10.0. The minimum Gasteiger partial charge on any atom is -0.294 e. The highest BCUT2D eigenvalue weighted by atomic mass is 16.2. The van der Waals surface area contributed by atoms with Crippen molar-refractivity contribution >= 4 is 5.91 Å². The number of rotatable bonds is 6. The van der Waals surface area contributed by atoms with Gasteiger partial charge in [-0.3, -0.25) is 10.2 Å². The van der Waals surface area contributed by atoms with Gasteiger partial charge >= 0.3 is 0 Å². The van der Waals surface area contributed by atoms with E-state index in [0.29, 0.717) is 6.42 Å². The van der Waals surface area contributed by atoms with Crippen LogP contribution in [0.5, 0.6) is 0 Å². The maximum atomic E-state index is 10.9. The summed E-state index contributed by atoms with van der Waals surface area (Å²) in [6.07, 6.45) is 4.54. The quantitative estimate of drug-likeness (QED) is 0.333. The summed E-state index contributed by atoms with van der Waals surface area (Å²) in [6.45, 7) is 2.15. The predicted octanol–water partition coefficient (Wildman–Crippen LogP) is 1.95. The van der Waals surface area contributed by atoms with Gasteiger partial charge in [0, 0.05) is 6.42 Å². The average molecular weight is 220 g/mol. The molecule has 0 radical (unpaired) electrons. The van der Waals surface area contributed by atoms with Crippen LogP contribution in [0.15, 0.2) is 24.3 Å². The number of nitrogens with two attached hydrogens (primary N) is 1. The van der Waals surface area contributed by atoms with Gasteiger partial charge in [0.25, 0.3) is 0 Å². The van der Waals surface area contributed by atoms with E-state index in [1.165, 1.54) is 11.1 Å². The molecule has 3 nitrogen and oxygen atoms in total. The maximum absolute atomic E-state index is 10.9. The molecule has 1 amide bonds. The largest absolute Gasteiger partial charge is 0.294 e. The van der Waals surface area contributed by atoms with Gasteiger partial charge in [0.15, 0.2) is 0 Å². The predicted molar refractivity (Wildman–Crippen MR) is 65.7 cm³/mol. The van der Waals surface area contributed by atoms with Crippen LogP contribution in [0.3, 0.4) is 0 Å². The molecule has 3 heteroatoms. The SMILES string of the molecule is CCc1ccc(CCCCC(=O)NN)cc1. The number of hydrazine groups is 1. The van der Waals surface area contributed by atoms with E-state index in [0.717, 1.165) is 25.7 Å². The first-order valence-electron chi connectivity index (χ1n) is 5.83. The molecule has 3 N–H and O–H groups in total. The molecule has 0 fully saturated rings. The van der Waals surface area contributed by atoms with E-state index in [1.54, 1.807) is 0 Å². The first kappa shape index (κ1) is 12.7. The lowest BCUT2D eigenvalue weighted by Gasteiger charge is -2.03. The Kier molecular flexibility index (Phi) is 5.57. The Morgan fingerprint density at radius 3 is 2.38 bits per heavy atom. The van der Waals surface area contributed by atoms with Crippen molar-refractivity contribution in [1.82, 2.24) is 5.43 Å². The second kappa shape index (κ2) is 7.01. The monoisotopic (exact) mass is 220 g/mol. The lowest BCUT2D eigenvalue weighted by Crippen LogP contribution is -2.29. The molecule has 88 valence electrons. The molecule has 0 spiro atoms. The van der Waals surface area contributed by atoms with E-state index >= 15 is 0 Å². The molecule has 1 aromatic rings. The van der Waals surface area contributed by atoms with E-state index in [4.69, 9.17) is 5.84 Å². The van der Waals surface area contributed by atoms with Gasteiger partial charge in [-0.2, -0.15) is 0 Å². The molecule has 0 saturated heterocycles. The first-order valence-corrected chi connectivity index (χ1v) is 5.83. The van der Waals surface area contributed by atoms with Crippen molar-refractivity contribution in [3.63, 3.8) is 0 Å². The van der Waals surface area contributed by atoms with Crippen LogP contribution in [0, 0.1) is 0 Å². The zero-order valence-electron chi connectivity index (χ0n) is 9.83. The molecule has 0 saturated carbocycles. The third kappa shape index (κ3) is 4.45. The second-order valence-corrected chi connectivity index (χ2v) is 3.94. The topological polar surface area (TPSA) is 55.1 Å². The standard InChI is InChI=1S/C13H20N2O/c1-2-11-7-9-12(10-8-11)5-3-4-6-13(16)15-14/h7-10H,2-6,14H2,1H3,(H,15,16). The molecule has 0 heterocycles. The maximum Gasteiger partial charge on any atom is 0.233 e. The highest BCUT2D eigenvalue weighted by molar-refractivity contribution is 5.75. The minimum absolute atomic E-state index is 0.0821. The highest BCUT2D eigenvalue weighted by Gasteiger charge is 1.98. The van der Waals surface area contributed by atoms with Gasteiger partial charge < -0.3 is 0 Å². The van der Waals surface area contributed by atoms with E-state index < -0.39 is 0 Å². The zero-order valence-corrected chi connectivity index (χ0v) is 9.83. The third-order valence-corrected chi connectivity index (χ3v) is 2.71.